The fourth-order valence-corrected chi connectivity index (χ4v) is 3.69. The standard InChI is InChI=1S/C22H28N4O2.HI/c23-22(24-14-19-16-27-20-8-4-5-9-21(20)28-19)25-18-10-12-26(13-11-18)15-17-6-2-1-3-7-17;/h1-9,18-19H,10-16H2,(H3,23,24,25);1H. The summed E-state index contributed by atoms with van der Waals surface area (Å²) in [6, 6.07) is 18.7. The van der Waals surface area contributed by atoms with Crippen LogP contribution >= 0.6 is 24.0 Å². The summed E-state index contributed by atoms with van der Waals surface area (Å²) >= 11 is 0. The fourth-order valence-electron chi connectivity index (χ4n) is 3.69. The monoisotopic (exact) mass is 508 g/mol. The maximum absolute atomic E-state index is 6.10. The van der Waals surface area contributed by atoms with Crippen LogP contribution in [0.25, 0.3) is 0 Å². The molecular weight excluding hydrogens is 479 g/mol. The topological polar surface area (TPSA) is 72.1 Å². The molecule has 0 amide bonds. The van der Waals surface area contributed by atoms with Crippen molar-refractivity contribution < 1.29 is 9.47 Å². The second kappa shape index (κ2) is 10.7. The summed E-state index contributed by atoms with van der Waals surface area (Å²) in [6.45, 7) is 4.12. The van der Waals surface area contributed by atoms with Gasteiger partial charge in [-0.1, -0.05) is 42.5 Å². The van der Waals surface area contributed by atoms with Gasteiger partial charge >= 0.3 is 0 Å². The Morgan fingerprint density at radius 3 is 2.48 bits per heavy atom. The molecule has 3 N–H and O–H groups in total. The number of rotatable bonds is 5. The average Bonchev–Trinajstić information content (AvgIpc) is 2.74. The molecule has 0 aromatic heterocycles. The molecule has 0 aliphatic carbocycles. The van der Waals surface area contributed by atoms with Crippen LogP contribution in [0.1, 0.15) is 18.4 Å². The molecule has 2 aromatic rings. The molecule has 1 fully saturated rings. The van der Waals surface area contributed by atoms with Gasteiger partial charge in [-0.3, -0.25) is 4.90 Å². The summed E-state index contributed by atoms with van der Waals surface area (Å²) in [6.07, 6.45) is 2.03. The first-order valence-electron chi connectivity index (χ1n) is 9.97. The summed E-state index contributed by atoms with van der Waals surface area (Å²) < 4.78 is 11.6. The van der Waals surface area contributed by atoms with Gasteiger partial charge in [-0.05, 0) is 30.5 Å². The van der Waals surface area contributed by atoms with Crippen LogP contribution in [-0.4, -0.2) is 49.2 Å². The van der Waals surface area contributed by atoms with Crippen LogP contribution in [0.3, 0.4) is 0 Å². The van der Waals surface area contributed by atoms with Crippen molar-refractivity contribution in [1.82, 2.24) is 10.2 Å². The Balaban J connectivity index is 0.00000240. The summed E-state index contributed by atoms with van der Waals surface area (Å²) in [5.41, 5.74) is 7.47. The van der Waals surface area contributed by atoms with Gasteiger partial charge in [0.2, 0.25) is 0 Å². The molecule has 4 rings (SSSR count). The van der Waals surface area contributed by atoms with Crippen molar-refractivity contribution in [3.05, 3.63) is 60.2 Å². The normalized spacial score (nSPS) is 20.0. The molecule has 2 heterocycles. The molecule has 1 saturated heterocycles. The summed E-state index contributed by atoms with van der Waals surface area (Å²) in [7, 11) is 0. The van der Waals surface area contributed by atoms with E-state index >= 15 is 0 Å². The Hall–Kier alpha value is -2.00. The number of benzene rings is 2. The minimum atomic E-state index is -0.108. The smallest absolute Gasteiger partial charge is 0.188 e. The lowest BCUT2D eigenvalue weighted by Crippen LogP contribution is -2.47. The number of hydrogen-bond acceptors (Lipinski definition) is 4. The number of guanidine groups is 1. The van der Waals surface area contributed by atoms with Crippen molar-refractivity contribution in [2.45, 2.75) is 31.5 Å². The molecule has 2 aromatic carbocycles. The summed E-state index contributed by atoms with van der Waals surface area (Å²) in [5.74, 6) is 2.05. The van der Waals surface area contributed by atoms with Crippen LogP contribution in [0.2, 0.25) is 0 Å². The minimum Gasteiger partial charge on any atom is -0.486 e. The van der Waals surface area contributed by atoms with Gasteiger partial charge in [-0.15, -0.1) is 24.0 Å². The molecule has 0 spiro atoms. The molecule has 0 bridgehead atoms. The van der Waals surface area contributed by atoms with Gasteiger partial charge in [-0.2, -0.15) is 0 Å². The number of piperidine rings is 1. The second-order valence-electron chi connectivity index (χ2n) is 7.40. The summed E-state index contributed by atoms with van der Waals surface area (Å²) in [4.78, 5) is 6.96. The predicted molar refractivity (Wildman–Crippen MR) is 126 cm³/mol. The third kappa shape index (κ3) is 6.24. The SMILES string of the molecule is I.NC(=NCC1COc2ccccc2O1)NC1CCN(Cc2ccccc2)CC1. The Bertz CT molecular complexity index is 794. The Labute approximate surface area is 189 Å². The number of nitrogens with zero attached hydrogens (tertiary/aromatic N) is 2. The maximum atomic E-state index is 6.10. The number of ether oxygens (including phenoxy) is 2. The molecule has 1 unspecified atom stereocenters. The lowest BCUT2D eigenvalue weighted by molar-refractivity contribution is 0.0971. The number of nitrogens with two attached hydrogens (primary N) is 1. The highest BCUT2D eigenvalue weighted by Crippen LogP contribution is 2.30. The molecule has 6 nitrogen and oxygen atoms in total. The molecule has 0 radical (unpaired) electrons. The number of para-hydroxylation sites is 2. The minimum absolute atomic E-state index is 0. The zero-order valence-corrected chi connectivity index (χ0v) is 18.8. The number of hydrogen-bond donors (Lipinski definition) is 2. The molecule has 7 heteroatoms. The first-order valence-corrected chi connectivity index (χ1v) is 9.97. The lowest BCUT2D eigenvalue weighted by atomic mass is 10.0. The van der Waals surface area contributed by atoms with Crippen molar-refractivity contribution in [1.29, 1.82) is 0 Å². The molecule has 156 valence electrons. The van der Waals surface area contributed by atoms with E-state index in [1.165, 1.54) is 5.56 Å². The van der Waals surface area contributed by atoms with E-state index in [1.54, 1.807) is 0 Å². The third-order valence-electron chi connectivity index (χ3n) is 5.22. The van der Waals surface area contributed by atoms with E-state index in [-0.39, 0.29) is 30.1 Å². The lowest BCUT2D eigenvalue weighted by Gasteiger charge is -2.32. The van der Waals surface area contributed by atoms with Gasteiger partial charge in [0.15, 0.2) is 23.6 Å². The maximum Gasteiger partial charge on any atom is 0.188 e. The van der Waals surface area contributed by atoms with Crippen LogP contribution in [-0.2, 0) is 6.54 Å². The zero-order valence-electron chi connectivity index (χ0n) is 16.5. The van der Waals surface area contributed by atoms with Crippen LogP contribution in [0, 0.1) is 0 Å². The van der Waals surface area contributed by atoms with Crippen molar-refractivity contribution >= 4 is 29.9 Å². The molecule has 0 saturated carbocycles. The van der Waals surface area contributed by atoms with Gasteiger partial charge < -0.3 is 20.5 Å². The van der Waals surface area contributed by atoms with E-state index < -0.39 is 0 Å². The fraction of sp³-hybridized carbons (Fsp3) is 0.409. The first-order chi connectivity index (χ1) is 13.8. The molecule has 1 atom stereocenters. The van der Waals surface area contributed by atoms with Crippen molar-refractivity contribution in [2.24, 2.45) is 10.7 Å². The van der Waals surface area contributed by atoms with E-state index in [2.05, 4.69) is 45.5 Å². The van der Waals surface area contributed by atoms with Gasteiger partial charge in [0.25, 0.3) is 0 Å². The molecule has 2 aliphatic heterocycles. The number of aliphatic imine (C=N–C) groups is 1. The van der Waals surface area contributed by atoms with Crippen LogP contribution in [0.4, 0.5) is 0 Å². The Kier molecular flexibility index (Phi) is 8.00. The second-order valence-corrected chi connectivity index (χ2v) is 7.40. The number of nitrogens with one attached hydrogen (secondary N) is 1. The quantitative estimate of drug-likeness (QED) is 0.369. The molecular formula is C22H29IN4O2. The van der Waals surface area contributed by atoms with Gasteiger partial charge in [-0.25, -0.2) is 4.99 Å². The van der Waals surface area contributed by atoms with E-state index in [0.717, 1.165) is 44.0 Å². The largest absolute Gasteiger partial charge is 0.486 e. The van der Waals surface area contributed by atoms with Gasteiger partial charge in [0.05, 0.1) is 6.54 Å². The van der Waals surface area contributed by atoms with Crippen LogP contribution < -0.4 is 20.5 Å². The van der Waals surface area contributed by atoms with Crippen molar-refractivity contribution in [3.8, 4) is 11.5 Å². The van der Waals surface area contributed by atoms with E-state index in [1.807, 2.05) is 24.3 Å². The number of fused-ring (bicyclic) bond motifs is 1. The summed E-state index contributed by atoms with van der Waals surface area (Å²) in [5, 5.41) is 3.37. The third-order valence-corrected chi connectivity index (χ3v) is 5.22. The van der Waals surface area contributed by atoms with Gasteiger partial charge in [0, 0.05) is 25.7 Å². The number of likely N-dealkylation sites (tertiary alicyclic amines) is 1. The van der Waals surface area contributed by atoms with Crippen LogP contribution in [0.15, 0.2) is 59.6 Å². The van der Waals surface area contributed by atoms with Crippen molar-refractivity contribution in [2.75, 3.05) is 26.2 Å². The molecule has 29 heavy (non-hydrogen) atoms. The highest BCUT2D eigenvalue weighted by molar-refractivity contribution is 14.0. The number of halogens is 1. The predicted octanol–water partition coefficient (Wildman–Crippen LogP) is 3.01. The zero-order chi connectivity index (χ0) is 19.2. The van der Waals surface area contributed by atoms with Crippen LogP contribution in [0.5, 0.6) is 11.5 Å². The highest BCUT2D eigenvalue weighted by Gasteiger charge is 2.22. The Morgan fingerprint density at radius 1 is 1.03 bits per heavy atom. The highest BCUT2D eigenvalue weighted by atomic mass is 127. The van der Waals surface area contributed by atoms with Crippen molar-refractivity contribution in [3.63, 3.8) is 0 Å². The van der Waals surface area contributed by atoms with E-state index in [4.69, 9.17) is 15.2 Å². The van der Waals surface area contributed by atoms with Gasteiger partial charge in [0.1, 0.15) is 6.61 Å². The Morgan fingerprint density at radius 2 is 1.72 bits per heavy atom. The first kappa shape index (κ1) is 21.7. The van der Waals surface area contributed by atoms with E-state index in [9.17, 15) is 0 Å². The van der Waals surface area contributed by atoms with E-state index in [0.29, 0.717) is 25.2 Å². The molecule has 2 aliphatic rings. The average molecular weight is 508 g/mol.